The van der Waals surface area contributed by atoms with E-state index in [4.69, 9.17) is 14.2 Å². The lowest BCUT2D eigenvalue weighted by atomic mass is 9.79. The van der Waals surface area contributed by atoms with Crippen LogP contribution in [0.3, 0.4) is 0 Å². The largest absolute Gasteiger partial charge is 0.493 e. The first kappa shape index (κ1) is 17.0. The molecule has 1 aromatic carbocycles. The quantitative estimate of drug-likeness (QED) is 0.348. The number of carbonyl (C=O) groups is 2. The third kappa shape index (κ3) is 3.91. The SMILES string of the molecule is CCOc1ccc(B(O)O)cc1C=C1C(=O)OC(C)(C)OC1=O. The van der Waals surface area contributed by atoms with Gasteiger partial charge in [0.15, 0.2) is 0 Å². The van der Waals surface area contributed by atoms with Gasteiger partial charge in [-0.3, -0.25) is 0 Å². The van der Waals surface area contributed by atoms with Crippen molar-refractivity contribution >= 4 is 30.6 Å². The molecule has 8 heteroatoms. The van der Waals surface area contributed by atoms with Gasteiger partial charge >= 0.3 is 19.1 Å². The van der Waals surface area contributed by atoms with Crippen molar-refractivity contribution in [2.75, 3.05) is 6.61 Å². The number of benzene rings is 1. The lowest BCUT2D eigenvalue weighted by Gasteiger charge is -2.29. The van der Waals surface area contributed by atoms with E-state index in [9.17, 15) is 19.6 Å². The second-order valence-corrected chi connectivity index (χ2v) is 5.34. The summed E-state index contributed by atoms with van der Waals surface area (Å²) < 4.78 is 15.4. The predicted octanol–water partition coefficient (Wildman–Crippen LogP) is -0.0154. The zero-order chi connectivity index (χ0) is 17.2. The minimum atomic E-state index is -1.69. The molecule has 1 saturated heterocycles. The number of ether oxygens (including phenoxy) is 3. The van der Waals surface area contributed by atoms with Gasteiger partial charge in [-0.15, -0.1) is 0 Å². The minimum absolute atomic E-state index is 0.193. The summed E-state index contributed by atoms with van der Waals surface area (Å²) in [7, 11) is -1.69. The molecule has 2 rings (SSSR count). The molecule has 0 spiro atoms. The van der Waals surface area contributed by atoms with E-state index in [0.717, 1.165) is 0 Å². The van der Waals surface area contributed by atoms with Crippen molar-refractivity contribution in [2.45, 2.75) is 26.6 Å². The number of hydrogen-bond acceptors (Lipinski definition) is 7. The predicted molar refractivity (Wildman–Crippen MR) is 81.7 cm³/mol. The Morgan fingerprint density at radius 3 is 2.35 bits per heavy atom. The standard InChI is InChI=1S/C15H17BO7/c1-4-21-12-6-5-10(16(19)20)7-9(12)8-11-13(17)22-15(2,3)23-14(11)18/h5-8,19-20H,4H2,1-3H3. The summed E-state index contributed by atoms with van der Waals surface area (Å²) in [4.78, 5) is 24.0. The Morgan fingerprint density at radius 2 is 1.83 bits per heavy atom. The van der Waals surface area contributed by atoms with Gasteiger partial charge in [0, 0.05) is 19.4 Å². The van der Waals surface area contributed by atoms with Crippen molar-refractivity contribution in [2.24, 2.45) is 0 Å². The van der Waals surface area contributed by atoms with Crippen LogP contribution in [0.2, 0.25) is 0 Å². The normalized spacial score (nSPS) is 16.5. The summed E-state index contributed by atoms with van der Waals surface area (Å²) in [6.45, 7) is 5.04. The van der Waals surface area contributed by atoms with Crippen LogP contribution in [0.25, 0.3) is 6.08 Å². The molecule has 1 heterocycles. The van der Waals surface area contributed by atoms with E-state index in [1.165, 1.54) is 38.1 Å². The smallest absolute Gasteiger partial charge is 0.488 e. The fourth-order valence-corrected chi connectivity index (χ4v) is 2.06. The third-order valence-electron chi connectivity index (χ3n) is 3.05. The highest BCUT2D eigenvalue weighted by atomic mass is 16.7. The second-order valence-electron chi connectivity index (χ2n) is 5.34. The Hall–Kier alpha value is -2.32. The molecule has 2 N–H and O–H groups in total. The van der Waals surface area contributed by atoms with Gasteiger partial charge in [0.05, 0.1) is 6.61 Å². The van der Waals surface area contributed by atoms with Crippen molar-refractivity contribution in [3.05, 3.63) is 29.3 Å². The van der Waals surface area contributed by atoms with Gasteiger partial charge in [0.25, 0.3) is 5.79 Å². The van der Waals surface area contributed by atoms with Crippen LogP contribution in [0.5, 0.6) is 5.75 Å². The molecule has 1 aliphatic rings. The second kappa shape index (κ2) is 6.43. The monoisotopic (exact) mass is 320 g/mol. The molecule has 0 amide bonds. The Labute approximate surface area is 133 Å². The highest BCUT2D eigenvalue weighted by Crippen LogP contribution is 2.26. The van der Waals surface area contributed by atoms with E-state index in [1.807, 2.05) is 0 Å². The topological polar surface area (TPSA) is 102 Å². The van der Waals surface area contributed by atoms with E-state index in [1.54, 1.807) is 6.92 Å². The molecule has 23 heavy (non-hydrogen) atoms. The molecule has 1 aromatic rings. The Kier molecular flexibility index (Phi) is 4.77. The molecule has 0 unspecified atom stereocenters. The first-order valence-electron chi connectivity index (χ1n) is 7.05. The zero-order valence-electron chi connectivity index (χ0n) is 13.0. The van der Waals surface area contributed by atoms with Crippen LogP contribution < -0.4 is 10.2 Å². The van der Waals surface area contributed by atoms with Crippen molar-refractivity contribution in [1.82, 2.24) is 0 Å². The fraction of sp³-hybridized carbons (Fsp3) is 0.333. The van der Waals surface area contributed by atoms with Crippen LogP contribution in [0.1, 0.15) is 26.3 Å². The molecule has 7 nitrogen and oxygen atoms in total. The lowest BCUT2D eigenvalue weighted by Crippen LogP contribution is -2.41. The summed E-state index contributed by atoms with van der Waals surface area (Å²) >= 11 is 0. The molecule has 0 aromatic heterocycles. The summed E-state index contributed by atoms with van der Waals surface area (Å²) in [5.41, 5.74) is 0.231. The molecule has 0 atom stereocenters. The molecule has 1 aliphatic heterocycles. The summed E-state index contributed by atoms with van der Waals surface area (Å²) in [5, 5.41) is 18.5. The average Bonchev–Trinajstić information content (AvgIpc) is 2.43. The van der Waals surface area contributed by atoms with Gasteiger partial charge in [-0.05, 0) is 24.5 Å². The maximum atomic E-state index is 12.0. The third-order valence-corrected chi connectivity index (χ3v) is 3.05. The number of cyclic esters (lactones) is 2. The number of carbonyl (C=O) groups excluding carboxylic acids is 2. The molecule has 1 fully saturated rings. The Balaban J connectivity index is 2.46. The van der Waals surface area contributed by atoms with Crippen LogP contribution in [0, 0.1) is 0 Å². The minimum Gasteiger partial charge on any atom is -0.493 e. The Morgan fingerprint density at radius 1 is 1.22 bits per heavy atom. The molecule has 0 radical (unpaired) electrons. The molecule has 0 aliphatic carbocycles. The molecular formula is C15H17BO7. The van der Waals surface area contributed by atoms with E-state index in [-0.39, 0.29) is 11.0 Å². The first-order chi connectivity index (χ1) is 10.7. The van der Waals surface area contributed by atoms with Crippen molar-refractivity contribution in [1.29, 1.82) is 0 Å². The van der Waals surface area contributed by atoms with Gasteiger partial charge < -0.3 is 24.3 Å². The van der Waals surface area contributed by atoms with E-state index in [2.05, 4.69) is 0 Å². The van der Waals surface area contributed by atoms with Crippen molar-refractivity contribution < 1.29 is 33.8 Å². The maximum absolute atomic E-state index is 12.0. The lowest BCUT2D eigenvalue weighted by molar-refractivity contribution is -0.222. The number of hydrogen-bond donors (Lipinski definition) is 2. The highest BCUT2D eigenvalue weighted by molar-refractivity contribution is 6.58. The van der Waals surface area contributed by atoms with Gasteiger partial charge in [-0.2, -0.15) is 0 Å². The molecule has 0 bridgehead atoms. The summed E-state index contributed by atoms with van der Waals surface area (Å²) in [5.74, 6) is -2.57. The Bertz CT molecular complexity index is 642. The molecule has 122 valence electrons. The van der Waals surface area contributed by atoms with Crippen LogP contribution in [0.4, 0.5) is 0 Å². The van der Waals surface area contributed by atoms with Crippen LogP contribution in [-0.4, -0.2) is 41.5 Å². The van der Waals surface area contributed by atoms with E-state index in [0.29, 0.717) is 17.9 Å². The summed E-state index contributed by atoms with van der Waals surface area (Å²) in [6, 6.07) is 4.40. The first-order valence-corrected chi connectivity index (χ1v) is 7.05. The average molecular weight is 320 g/mol. The van der Waals surface area contributed by atoms with Crippen LogP contribution in [0.15, 0.2) is 23.8 Å². The van der Waals surface area contributed by atoms with Gasteiger partial charge in [-0.1, -0.05) is 12.1 Å². The van der Waals surface area contributed by atoms with E-state index < -0.39 is 24.8 Å². The van der Waals surface area contributed by atoms with E-state index >= 15 is 0 Å². The van der Waals surface area contributed by atoms with Gasteiger partial charge in [0.2, 0.25) is 0 Å². The molecule has 0 saturated carbocycles. The van der Waals surface area contributed by atoms with Crippen molar-refractivity contribution in [3.8, 4) is 5.75 Å². The highest BCUT2D eigenvalue weighted by Gasteiger charge is 2.39. The fourth-order valence-electron chi connectivity index (χ4n) is 2.06. The van der Waals surface area contributed by atoms with Crippen LogP contribution >= 0.6 is 0 Å². The zero-order valence-corrected chi connectivity index (χ0v) is 13.0. The summed E-state index contributed by atoms with van der Waals surface area (Å²) in [6.07, 6.45) is 1.25. The number of rotatable bonds is 4. The van der Waals surface area contributed by atoms with Crippen LogP contribution in [-0.2, 0) is 19.1 Å². The van der Waals surface area contributed by atoms with Crippen molar-refractivity contribution in [3.63, 3.8) is 0 Å². The van der Waals surface area contributed by atoms with Gasteiger partial charge in [0.1, 0.15) is 11.3 Å². The molecular weight excluding hydrogens is 303 g/mol. The number of esters is 2. The maximum Gasteiger partial charge on any atom is 0.488 e. The van der Waals surface area contributed by atoms with Gasteiger partial charge in [-0.25, -0.2) is 9.59 Å².